The molecule has 3 heterocycles. The summed E-state index contributed by atoms with van der Waals surface area (Å²) in [6, 6.07) is 0.595. The van der Waals surface area contributed by atoms with Gasteiger partial charge in [0.1, 0.15) is 18.3 Å². The highest BCUT2D eigenvalue weighted by atomic mass is 15.3. The van der Waals surface area contributed by atoms with E-state index in [1.165, 1.54) is 43.4 Å². The average molecular weight is 269 g/mol. The lowest BCUT2D eigenvalue weighted by Crippen LogP contribution is -2.14. The van der Waals surface area contributed by atoms with Crippen molar-refractivity contribution in [3.05, 3.63) is 23.9 Å². The van der Waals surface area contributed by atoms with Crippen LogP contribution in [0.4, 0.5) is 0 Å². The Balaban J connectivity index is 2.02. The van der Waals surface area contributed by atoms with Crippen LogP contribution in [0.3, 0.4) is 0 Å². The Labute approximate surface area is 117 Å². The Morgan fingerprint density at radius 2 is 1.85 bits per heavy atom. The number of aromatic nitrogens is 5. The third-order valence-corrected chi connectivity index (χ3v) is 4.76. The lowest BCUT2D eigenvalue weighted by molar-refractivity contribution is 0.355. The molecule has 1 aliphatic rings. The Morgan fingerprint density at radius 1 is 1.05 bits per heavy atom. The van der Waals surface area contributed by atoms with E-state index >= 15 is 0 Å². The summed E-state index contributed by atoms with van der Waals surface area (Å²) >= 11 is 0. The van der Waals surface area contributed by atoms with Crippen molar-refractivity contribution in [2.24, 2.45) is 0 Å². The fourth-order valence-electron chi connectivity index (χ4n) is 3.61. The van der Waals surface area contributed by atoms with Crippen LogP contribution in [-0.2, 0) is 0 Å². The standard InChI is InChI=1S/C15H19N5/c1-10-11(2)20(12-6-4-3-5-7-12)15-13(10)14-16-8-18-19(14)9-17-15/h8-9,12H,3-7H2,1-2H3. The Kier molecular flexibility index (Phi) is 2.55. The minimum atomic E-state index is 0.595. The van der Waals surface area contributed by atoms with Crippen molar-refractivity contribution >= 4 is 16.7 Å². The van der Waals surface area contributed by atoms with Crippen molar-refractivity contribution in [2.75, 3.05) is 0 Å². The molecular formula is C15H19N5. The van der Waals surface area contributed by atoms with Crippen molar-refractivity contribution < 1.29 is 0 Å². The topological polar surface area (TPSA) is 48.0 Å². The zero-order chi connectivity index (χ0) is 13.7. The fourth-order valence-corrected chi connectivity index (χ4v) is 3.61. The zero-order valence-electron chi connectivity index (χ0n) is 12.0. The van der Waals surface area contributed by atoms with Crippen LogP contribution in [0, 0.1) is 13.8 Å². The molecule has 0 unspecified atom stereocenters. The number of aryl methyl sites for hydroxylation is 1. The van der Waals surface area contributed by atoms with Gasteiger partial charge in [0, 0.05) is 11.7 Å². The maximum absolute atomic E-state index is 4.66. The molecule has 1 aliphatic carbocycles. The number of hydrogen-bond donors (Lipinski definition) is 0. The summed E-state index contributed by atoms with van der Waals surface area (Å²) in [6.07, 6.45) is 9.95. The first kappa shape index (κ1) is 11.9. The van der Waals surface area contributed by atoms with Crippen LogP contribution in [0.2, 0.25) is 0 Å². The van der Waals surface area contributed by atoms with Gasteiger partial charge in [-0.15, -0.1) is 0 Å². The van der Waals surface area contributed by atoms with E-state index in [0.29, 0.717) is 6.04 Å². The van der Waals surface area contributed by atoms with E-state index < -0.39 is 0 Å². The minimum Gasteiger partial charge on any atom is -0.326 e. The third-order valence-electron chi connectivity index (χ3n) is 4.76. The summed E-state index contributed by atoms with van der Waals surface area (Å²) < 4.78 is 4.21. The smallest absolute Gasteiger partial charge is 0.168 e. The van der Waals surface area contributed by atoms with Crippen molar-refractivity contribution in [2.45, 2.75) is 52.0 Å². The molecule has 5 nitrogen and oxygen atoms in total. The molecule has 5 heteroatoms. The van der Waals surface area contributed by atoms with Crippen molar-refractivity contribution in [3.8, 4) is 0 Å². The summed E-state index contributed by atoms with van der Waals surface area (Å²) in [5, 5.41) is 5.36. The highest BCUT2D eigenvalue weighted by molar-refractivity contribution is 5.93. The molecule has 0 spiro atoms. The summed E-state index contributed by atoms with van der Waals surface area (Å²) in [7, 11) is 0. The summed E-state index contributed by atoms with van der Waals surface area (Å²) in [4.78, 5) is 9.07. The molecule has 0 radical (unpaired) electrons. The van der Waals surface area contributed by atoms with Gasteiger partial charge in [0.2, 0.25) is 0 Å². The van der Waals surface area contributed by atoms with Crippen LogP contribution in [0.15, 0.2) is 12.7 Å². The van der Waals surface area contributed by atoms with E-state index in [-0.39, 0.29) is 0 Å². The monoisotopic (exact) mass is 269 g/mol. The molecule has 0 saturated heterocycles. The van der Waals surface area contributed by atoms with Crippen LogP contribution in [0.5, 0.6) is 0 Å². The van der Waals surface area contributed by atoms with E-state index in [1.807, 2.05) is 0 Å². The molecule has 1 fully saturated rings. The van der Waals surface area contributed by atoms with Crippen LogP contribution < -0.4 is 0 Å². The predicted octanol–water partition coefficient (Wildman–Crippen LogP) is 3.20. The number of hydrogen-bond acceptors (Lipinski definition) is 3. The maximum Gasteiger partial charge on any atom is 0.168 e. The van der Waals surface area contributed by atoms with Gasteiger partial charge >= 0.3 is 0 Å². The second-order valence-corrected chi connectivity index (χ2v) is 5.84. The number of nitrogens with zero attached hydrogens (tertiary/aromatic N) is 5. The van der Waals surface area contributed by atoms with Gasteiger partial charge in [-0.3, -0.25) is 0 Å². The fraction of sp³-hybridized carbons (Fsp3) is 0.533. The first-order valence-electron chi connectivity index (χ1n) is 7.43. The van der Waals surface area contributed by atoms with Gasteiger partial charge in [-0.1, -0.05) is 19.3 Å². The van der Waals surface area contributed by atoms with Crippen molar-refractivity contribution in [1.29, 1.82) is 0 Å². The van der Waals surface area contributed by atoms with Gasteiger partial charge in [-0.05, 0) is 32.3 Å². The zero-order valence-corrected chi connectivity index (χ0v) is 12.0. The predicted molar refractivity (Wildman–Crippen MR) is 77.9 cm³/mol. The van der Waals surface area contributed by atoms with Gasteiger partial charge < -0.3 is 4.57 Å². The highest BCUT2D eigenvalue weighted by Gasteiger charge is 2.23. The van der Waals surface area contributed by atoms with Gasteiger partial charge in [0.25, 0.3) is 0 Å². The Hall–Kier alpha value is -1.91. The van der Waals surface area contributed by atoms with E-state index in [1.54, 1.807) is 17.2 Å². The quantitative estimate of drug-likeness (QED) is 0.681. The lowest BCUT2D eigenvalue weighted by atomic mass is 9.95. The van der Waals surface area contributed by atoms with Crippen LogP contribution in [0.25, 0.3) is 16.7 Å². The van der Waals surface area contributed by atoms with E-state index in [9.17, 15) is 0 Å². The second-order valence-electron chi connectivity index (χ2n) is 5.84. The molecule has 0 N–H and O–H groups in total. The molecule has 0 atom stereocenters. The van der Waals surface area contributed by atoms with Crippen molar-refractivity contribution in [1.82, 2.24) is 24.1 Å². The highest BCUT2D eigenvalue weighted by Crippen LogP contribution is 2.35. The molecular weight excluding hydrogens is 250 g/mol. The molecule has 0 aromatic carbocycles. The molecule has 0 bridgehead atoms. The molecule has 104 valence electrons. The average Bonchev–Trinajstić information content (AvgIpc) is 3.04. The third kappa shape index (κ3) is 1.52. The maximum atomic E-state index is 4.66. The number of fused-ring (bicyclic) bond motifs is 3. The molecule has 1 saturated carbocycles. The normalized spacial score (nSPS) is 17.3. The van der Waals surface area contributed by atoms with E-state index in [0.717, 1.165) is 16.7 Å². The van der Waals surface area contributed by atoms with Crippen LogP contribution in [0.1, 0.15) is 49.4 Å². The van der Waals surface area contributed by atoms with E-state index in [4.69, 9.17) is 0 Å². The van der Waals surface area contributed by atoms with Crippen LogP contribution >= 0.6 is 0 Å². The second kappa shape index (κ2) is 4.30. The first-order chi connectivity index (χ1) is 9.77. The van der Waals surface area contributed by atoms with Crippen LogP contribution in [-0.4, -0.2) is 24.1 Å². The van der Waals surface area contributed by atoms with Gasteiger partial charge in [0.15, 0.2) is 5.65 Å². The minimum absolute atomic E-state index is 0.595. The number of rotatable bonds is 1. The largest absolute Gasteiger partial charge is 0.326 e. The Bertz CT molecular complexity index is 776. The molecule has 3 aromatic rings. The molecule has 20 heavy (non-hydrogen) atoms. The summed E-state index contributed by atoms with van der Waals surface area (Å²) in [5.74, 6) is 0. The first-order valence-corrected chi connectivity index (χ1v) is 7.43. The molecule has 4 rings (SSSR count). The Morgan fingerprint density at radius 3 is 2.65 bits per heavy atom. The molecule has 0 amide bonds. The summed E-state index contributed by atoms with van der Waals surface area (Å²) in [6.45, 7) is 4.38. The van der Waals surface area contributed by atoms with Crippen molar-refractivity contribution in [3.63, 3.8) is 0 Å². The van der Waals surface area contributed by atoms with E-state index in [2.05, 4.69) is 33.5 Å². The lowest BCUT2D eigenvalue weighted by Gasteiger charge is -2.25. The van der Waals surface area contributed by atoms with Gasteiger partial charge in [-0.2, -0.15) is 5.10 Å². The van der Waals surface area contributed by atoms with Gasteiger partial charge in [0.05, 0.1) is 5.39 Å². The molecule has 0 aliphatic heterocycles. The van der Waals surface area contributed by atoms with Gasteiger partial charge in [-0.25, -0.2) is 14.5 Å². The SMILES string of the molecule is Cc1c(C)n(C2CCCCC2)c2ncn3ncnc3c12. The molecule has 3 aromatic heterocycles. The summed E-state index contributed by atoms with van der Waals surface area (Å²) in [5.41, 5.74) is 4.62.